The molecular weight excluding hydrogens is 483 g/mol. The van der Waals surface area contributed by atoms with E-state index in [0.717, 1.165) is 0 Å². The van der Waals surface area contributed by atoms with Crippen LogP contribution in [0.1, 0.15) is 16.9 Å². The average Bonchev–Trinajstić information content (AvgIpc) is 3.20. The Morgan fingerprint density at radius 1 is 1.21 bits per heavy atom. The predicted octanol–water partition coefficient (Wildman–Crippen LogP) is 4.23. The number of carbonyl (C=O) groups is 1. The molecule has 0 fully saturated rings. The van der Waals surface area contributed by atoms with E-state index in [1.165, 1.54) is 12.1 Å². The fourth-order valence-electron chi connectivity index (χ4n) is 3.37. The van der Waals surface area contributed by atoms with Crippen LogP contribution in [0.15, 0.2) is 42.6 Å². The van der Waals surface area contributed by atoms with E-state index in [1.54, 1.807) is 25.3 Å². The molecule has 0 atom stereocenters. The van der Waals surface area contributed by atoms with Crippen LogP contribution in [0.2, 0.25) is 10.0 Å². The van der Waals surface area contributed by atoms with Gasteiger partial charge in [0.15, 0.2) is 0 Å². The molecule has 0 aliphatic rings. The molecule has 2 heterocycles. The average molecular weight is 507 g/mol. The molecule has 4 N–H and O–H groups in total. The van der Waals surface area contributed by atoms with Gasteiger partial charge in [0.25, 0.3) is 5.91 Å². The van der Waals surface area contributed by atoms with Gasteiger partial charge in [0.2, 0.25) is 5.82 Å². The number of rotatable bonds is 11. The van der Waals surface area contributed by atoms with E-state index >= 15 is 0 Å². The Morgan fingerprint density at radius 3 is 2.68 bits per heavy atom. The Hall–Kier alpha value is -3.34. The number of hydrogen-bond donors (Lipinski definition) is 3. The quantitative estimate of drug-likeness (QED) is 0.201. The molecule has 180 valence electrons. The minimum Gasteiger partial charge on any atom is -0.383 e. The number of benzene rings is 1. The lowest BCUT2D eigenvalue weighted by atomic mass is 10.1. The number of hydrogen-bond acceptors (Lipinski definition) is 7. The number of ether oxygens (including phenoxy) is 1. The number of aryl methyl sites for hydroxylation is 1. The van der Waals surface area contributed by atoms with E-state index in [-0.39, 0.29) is 17.4 Å². The highest BCUT2D eigenvalue weighted by atomic mass is 35.5. The summed E-state index contributed by atoms with van der Waals surface area (Å²) in [6.07, 6.45) is 2.47. The maximum atomic E-state index is 13.0. The summed E-state index contributed by atoms with van der Waals surface area (Å²) in [5.41, 5.74) is 7.25. The second-order valence-electron chi connectivity index (χ2n) is 7.28. The smallest absolute Gasteiger partial charge is 0.311 e. The molecule has 34 heavy (non-hydrogen) atoms. The van der Waals surface area contributed by atoms with Crippen LogP contribution < -0.4 is 16.4 Å². The van der Waals surface area contributed by atoms with Crippen LogP contribution >= 0.6 is 23.2 Å². The Balaban J connectivity index is 1.74. The molecule has 0 aliphatic heterocycles. The highest BCUT2D eigenvalue weighted by molar-refractivity contribution is 6.36. The second kappa shape index (κ2) is 11.7. The van der Waals surface area contributed by atoms with Crippen molar-refractivity contribution in [2.45, 2.75) is 13.0 Å². The summed E-state index contributed by atoms with van der Waals surface area (Å²) in [5, 5.41) is 17.8. The van der Waals surface area contributed by atoms with Gasteiger partial charge in [0, 0.05) is 60.2 Å². The number of halogens is 2. The first-order valence-electron chi connectivity index (χ1n) is 10.4. The summed E-state index contributed by atoms with van der Waals surface area (Å²) in [4.78, 5) is 27.3. The number of nitrogens with zero attached hydrogens (tertiary/aromatic N) is 3. The third-order valence-electron chi connectivity index (χ3n) is 4.97. The van der Waals surface area contributed by atoms with E-state index in [0.29, 0.717) is 65.3 Å². The van der Waals surface area contributed by atoms with Crippen LogP contribution in [-0.4, -0.2) is 47.2 Å². The molecule has 0 saturated heterocycles. The molecule has 2 aromatic heterocycles. The zero-order valence-electron chi connectivity index (χ0n) is 18.4. The molecule has 0 spiro atoms. The van der Waals surface area contributed by atoms with Crippen LogP contribution in [0.3, 0.4) is 0 Å². The zero-order valence-corrected chi connectivity index (χ0v) is 19.9. The van der Waals surface area contributed by atoms with E-state index in [2.05, 4.69) is 15.6 Å². The number of pyridine rings is 1. The van der Waals surface area contributed by atoms with Crippen molar-refractivity contribution in [2.75, 3.05) is 37.9 Å². The third-order valence-corrected chi connectivity index (χ3v) is 5.52. The fraction of sp³-hybridized carbons (Fsp3) is 0.273. The summed E-state index contributed by atoms with van der Waals surface area (Å²) in [6, 6.07) is 9.78. The first kappa shape index (κ1) is 25.3. The van der Waals surface area contributed by atoms with E-state index < -0.39 is 4.92 Å². The number of nitro groups is 1. The van der Waals surface area contributed by atoms with Gasteiger partial charge in [-0.3, -0.25) is 14.9 Å². The molecule has 3 rings (SSSR count). The molecule has 0 aliphatic carbocycles. The van der Waals surface area contributed by atoms with Gasteiger partial charge in [-0.15, -0.1) is 0 Å². The topological polar surface area (TPSA) is 137 Å². The maximum absolute atomic E-state index is 13.0. The van der Waals surface area contributed by atoms with Gasteiger partial charge < -0.3 is 25.7 Å². The van der Waals surface area contributed by atoms with Gasteiger partial charge in [0.05, 0.1) is 11.5 Å². The number of methoxy groups -OCH3 is 1. The second-order valence-corrected chi connectivity index (χ2v) is 8.13. The Bertz CT molecular complexity index is 1180. The van der Waals surface area contributed by atoms with Gasteiger partial charge in [-0.2, -0.15) is 0 Å². The fourth-order valence-corrected chi connectivity index (χ4v) is 3.88. The highest BCUT2D eigenvalue weighted by Crippen LogP contribution is 2.33. The number of nitrogen functional groups attached to an aromatic ring is 1. The van der Waals surface area contributed by atoms with E-state index in [1.807, 2.05) is 16.8 Å². The Labute approximate surface area is 206 Å². The highest BCUT2D eigenvalue weighted by Gasteiger charge is 2.20. The minimum atomic E-state index is -0.581. The van der Waals surface area contributed by atoms with Crippen LogP contribution in [-0.2, 0) is 11.3 Å². The summed E-state index contributed by atoms with van der Waals surface area (Å²) < 4.78 is 6.87. The Kier molecular flexibility index (Phi) is 8.69. The maximum Gasteiger partial charge on any atom is 0.311 e. The molecule has 1 aromatic carbocycles. The van der Waals surface area contributed by atoms with Crippen LogP contribution in [0.25, 0.3) is 11.1 Å². The number of amides is 1. The molecule has 0 unspecified atom stereocenters. The van der Waals surface area contributed by atoms with Crippen molar-refractivity contribution in [1.29, 1.82) is 0 Å². The van der Waals surface area contributed by atoms with Gasteiger partial charge in [-0.05, 0) is 30.7 Å². The lowest BCUT2D eigenvalue weighted by Crippen LogP contribution is -2.29. The van der Waals surface area contributed by atoms with Crippen LogP contribution in [0, 0.1) is 10.1 Å². The van der Waals surface area contributed by atoms with Gasteiger partial charge in [-0.1, -0.05) is 29.3 Å². The van der Waals surface area contributed by atoms with Crippen LogP contribution in [0.4, 0.5) is 17.3 Å². The SMILES string of the molecule is COCCNC(=O)c1c(-c2ccc(Cl)cc2Cl)ccn1CCCNc1ccc([N+](=O)[O-])c(N)n1. The molecule has 0 saturated carbocycles. The van der Waals surface area contributed by atoms with Crippen molar-refractivity contribution in [3.05, 3.63) is 68.4 Å². The van der Waals surface area contributed by atoms with Gasteiger partial charge in [-0.25, -0.2) is 4.98 Å². The molecule has 0 radical (unpaired) electrons. The number of nitrogens with two attached hydrogens (primary N) is 1. The molecule has 3 aromatic rings. The first-order chi connectivity index (χ1) is 16.3. The molecule has 1 amide bonds. The summed E-state index contributed by atoms with van der Waals surface area (Å²) in [6.45, 7) is 1.78. The zero-order chi connectivity index (χ0) is 24.7. The summed E-state index contributed by atoms with van der Waals surface area (Å²) >= 11 is 12.4. The van der Waals surface area contributed by atoms with Crippen LogP contribution in [0.5, 0.6) is 0 Å². The van der Waals surface area contributed by atoms with Crippen molar-refractivity contribution >= 4 is 46.4 Å². The third kappa shape index (κ3) is 6.16. The lowest BCUT2D eigenvalue weighted by Gasteiger charge is -2.13. The predicted molar refractivity (Wildman–Crippen MR) is 133 cm³/mol. The number of nitrogens with one attached hydrogen (secondary N) is 2. The monoisotopic (exact) mass is 506 g/mol. The van der Waals surface area contributed by atoms with Gasteiger partial charge in [0.1, 0.15) is 11.5 Å². The molecular formula is C22H24Cl2N6O4. The normalized spacial score (nSPS) is 10.8. The lowest BCUT2D eigenvalue weighted by molar-refractivity contribution is -0.384. The number of aromatic nitrogens is 2. The largest absolute Gasteiger partial charge is 0.383 e. The van der Waals surface area contributed by atoms with Gasteiger partial charge >= 0.3 is 5.69 Å². The number of anilines is 2. The van der Waals surface area contributed by atoms with Crippen molar-refractivity contribution in [3.63, 3.8) is 0 Å². The van der Waals surface area contributed by atoms with E-state index in [4.69, 9.17) is 33.7 Å². The molecule has 12 heteroatoms. The standard InChI is InChI=1S/C22H24Cl2N6O4/c1-34-12-9-27-22(31)20-16(15-4-3-14(23)13-17(15)24)7-11-29(20)10-2-8-26-19-6-5-18(30(32)33)21(25)28-19/h3-7,11,13H,2,8-10,12H2,1H3,(H,27,31)(H3,25,26,28). The first-order valence-corrected chi connectivity index (χ1v) is 11.1. The van der Waals surface area contributed by atoms with Crippen molar-refractivity contribution in [3.8, 4) is 11.1 Å². The summed E-state index contributed by atoms with van der Waals surface area (Å²) in [7, 11) is 1.56. The molecule has 10 nitrogen and oxygen atoms in total. The van der Waals surface area contributed by atoms with Crippen molar-refractivity contribution in [2.24, 2.45) is 0 Å². The minimum absolute atomic E-state index is 0.153. The van der Waals surface area contributed by atoms with Crippen molar-refractivity contribution in [1.82, 2.24) is 14.9 Å². The Morgan fingerprint density at radius 2 is 2.00 bits per heavy atom. The van der Waals surface area contributed by atoms with E-state index in [9.17, 15) is 14.9 Å². The van der Waals surface area contributed by atoms with Crippen molar-refractivity contribution < 1.29 is 14.5 Å². The summed E-state index contributed by atoms with van der Waals surface area (Å²) in [5.74, 6) is 0.0301. The molecule has 0 bridgehead atoms. The number of carbonyl (C=O) groups excluding carboxylic acids is 1.